The molecule has 126 valence electrons. The molecule has 4 nitrogen and oxygen atoms in total. The predicted octanol–water partition coefficient (Wildman–Crippen LogP) is 3.19. The molecule has 1 saturated heterocycles. The Morgan fingerprint density at radius 1 is 1.33 bits per heavy atom. The van der Waals surface area contributed by atoms with Gasteiger partial charge in [-0.05, 0) is 48.6 Å². The monoisotopic (exact) mass is 328 g/mol. The second-order valence-electron chi connectivity index (χ2n) is 6.01. The van der Waals surface area contributed by atoms with Gasteiger partial charge in [0.25, 0.3) is 0 Å². The van der Waals surface area contributed by atoms with Gasteiger partial charge < -0.3 is 10.1 Å². The lowest BCUT2D eigenvalue weighted by atomic mass is 9.98. The number of carbonyl (C=O) groups is 1. The van der Waals surface area contributed by atoms with E-state index in [9.17, 15) is 9.18 Å². The first-order valence-electron chi connectivity index (χ1n) is 8.28. The van der Waals surface area contributed by atoms with Gasteiger partial charge in [-0.15, -0.1) is 0 Å². The van der Waals surface area contributed by atoms with Crippen LogP contribution in [0.2, 0.25) is 0 Å². The third-order valence-electron chi connectivity index (χ3n) is 4.25. The van der Waals surface area contributed by atoms with Crippen molar-refractivity contribution in [3.63, 3.8) is 0 Å². The summed E-state index contributed by atoms with van der Waals surface area (Å²) in [5.74, 6) is -0.323. The van der Waals surface area contributed by atoms with Crippen LogP contribution in [0.5, 0.6) is 0 Å². The van der Waals surface area contributed by atoms with Crippen LogP contribution in [0.1, 0.15) is 36.4 Å². The maximum absolute atomic E-state index is 13.2. The van der Waals surface area contributed by atoms with Crippen LogP contribution in [0.4, 0.5) is 4.39 Å². The van der Waals surface area contributed by atoms with Crippen molar-refractivity contribution in [2.75, 3.05) is 6.61 Å². The molecule has 0 bridgehead atoms. The van der Waals surface area contributed by atoms with Crippen molar-refractivity contribution in [2.24, 2.45) is 0 Å². The molecule has 2 heterocycles. The SMILES string of the molecule is O=C(CCc1cccnc1)N[C@H](c1ccc(F)cc1)[C@H]1CCCO1. The summed E-state index contributed by atoms with van der Waals surface area (Å²) < 4.78 is 18.9. The molecular weight excluding hydrogens is 307 g/mol. The minimum Gasteiger partial charge on any atom is -0.376 e. The van der Waals surface area contributed by atoms with E-state index in [-0.39, 0.29) is 23.9 Å². The van der Waals surface area contributed by atoms with Gasteiger partial charge >= 0.3 is 0 Å². The van der Waals surface area contributed by atoms with Crippen LogP contribution in [0, 0.1) is 5.82 Å². The number of aryl methyl sites for hydroxylation is 1. The van der Waals surface area contributed by atoms with Crippen LogP contribution < -0.4 is 5.32 Å². The number of carbonyl (C=O) groups excluding carboxylic acids is 1. The average molecular weight is 328 g/mol. The van der Waals surface area contributed by atoms with Crippen LogP contribution in [0.15, 0.2) is 48.8 Å². The van der Waals surface area contributed by atoms with E-state index >= 15 is 0 Å². The molecule has 1 aromatic heterocycles. The van der Waals surface area contributed by atoms with Crippen LogP contribution >= 0.6 is 0 Å². The Bertz CT molecular complexity index is 655. The second-order valence-corrected chi connectivity index (χ2v) is 6.01. The predicted molar refractivity (Wildman–Crippen MR) is 88.8 cm³/mol. The Morgan fingerprint density at radius 3 is 2.83 bits per heavy atom. The number of hydrogen-bond donors (Lipinski definition) is 1. The van der Waals surface area contributed by atoms with Crippen LogP contribution in [-0.2, 0) is 16.0 Å². The lowest BCUT2D eigenvalue weighted by molar-refractivity contribution is -0.122. The maximum Gasteiger partial charge on any atom is 0.220 e. The van der Waals surface area contributed by atoms with Gasteiger partial charge in [0.1, 0.15) is 5.82 Å². The standard InChI is InChI=1S/C19H21FN2O2/c20-16-8-6-15(7-9-16)19(17-4-2-12-24-17)22-18(23)10-5-14-3-1-11-21-13-14/h1,3,6-9,11,13,17,19H,2,4-5,10,12H2,(H,22,23)/t17-,19-/m1/s1. The van der Waals surface area contributed by atoms with Gasteiger partial charge in [-0.25, -0.2) is 4.39 Å². The van der Waals surface area contributed by atoms with Gasteiger partial charge in [0, 0.05) is 25.4 Å². The van der Waals surface area contributed by atoms with Gasteiger partial charge in [-0.1, -0.05) is 18.2 Å². The number of rotatable bonds is 6. The average Bonchev–Trinajstić information content (AvgIpc) is 3.14. The molecule has 5 heteroatoms. The Hall–Kier alpha value is -2.27. The zero-order valence-corrected chi connectivity index (χ0v) is 13.5. The molecule has 1 aromatic carbocycles. The molecule has 1 fully saturated rings. The van der Waals surface area contributed by atoms with Crippen molar-refractivity contribution < 1.29 is 13.9 Å². The van der Waals surface area contributed by atoms with E-state index < -0.39 is 0 Å². The molecule has 1 amide bonds. The highest BCUT2D eigenvalue weighted by atomic mass is 19.1. The number of nitrogens with zero attached hydrogens (tertiary/aromatic N) is 1. The minimum absolute atomic E-state index is 0.0383. The summed E-state index contributed by atoms with van der Waals surface area (Å²) in [6.45, 7) is 0.702. The molecule has 3 rings (SSSR count). The van der Waals surface area contributed by atoms with E-state index in [0.717, 1.165) is 24.0 Å². The molecule has 2 aromatic rings. The highest BCUT2D eigenvalue weighted by Crippen LogP contribution is 2.27. The van der Waals surface area contributed by atoms with E-state index in [0.29, 0.717) is 19.4 Å². The van der Waals surface area contributed by atoms with Crippen LogP contribution in [-0.4, -0.2) is 23.6 Å². The van der Waals surface area contributed by atoms with E-state index in [1.165, 1.54) is 12.1 Å². The van der Waals surface area contributed by atoms with Crippen LogP contribution in [0.25, 0.3) is 0 Å². The van der Waals surface area contributed by atoms with Crippen LogP contribution in [0.3, 0.4) is 0 Å². The van der Waals surface area contributed by atoms with Crippen molar-refractivity contribution in [2.45, 2.75) is 37.8 Å². The Morgan fingerprint density at radius 2 is 2.17 bits per heavy atom. The Balaban J connectivity index is 1.64. The molecule has 2 atom stereocenters. The number of halogens is 1. The summed E-state index contributed by atoms with van der Waals surface area (Å²) in [5, 5.41) is 3.06. The molecule has 0 unspecified atom stereocenters. The topological polar surface area (TPSA) is 51.2 Å². The van der Waals surface area contributed by atoms with Crippen molar-refractivity contribution in [1.82, 2.24) is 10.3 Å². The lowest BCUT2D eigenvalue weighted by Gasteiger charge is -2.25. The third-order valence-corrected chi connectivity index (χ3v) is 4.25. The highest BCUT2D eigenvalue weighted by molar-refractivity contribution is 5.76. The summed E-state index contributed by atoms with van der Waals surface area (Å²) >= 11 is 0. The molecule has 0 radical (unpaired) electrons. The molecule has 0 spiro atoms. The first-order valence-corrected chi connectivity index (χ1v) is 8.28. The quantitative estimate of drug-likeness (QED) is 0.886. The van der Waals surface area contributed by atoms with Crippen molar-refractivity contribution in [3.8, 4) is 0 Å². The molecular formula is C19H21FN2O2. The normalized spacial score (nSPS) is 18.3. The molecule has 1 aliphatic heterocycles. The smallest absolute Gasteiger partial charge is 0.220 e. The van der Waals surface area contributed by atoms with Gasteiger partial charge in [-0.3, -0.25) is 9.78 Å². The summed E-state index contributed by atoms with van der Waals surface area (Å²) in [6.07, 6.45) is 6.32. The Labute approximate surface area is 141 Å². The number of benzene rings is 1. The number of hydrogen-bond acceptors (Lipinski definition) is 3. The van der Waals surface area contributed by atoms with Gasteiger partial charge in [0.2, 0.25) is 5.91 Å². The molecule has 24 heavy (non-hydrogen) atoms. The van der Waals surface area contributed by atoms with E-state index in [1.807, 2.05) is 12.1 Å². The fourth-order valence-electron chi connectivity index (χ4n) is 2.98. The number of pyridine rings is 1. The van der Waals surface area contributed by atoms with Gasteiger partial charge in [0.05, 0.1) is 12.1 Å². The summed E-state index contributed by atoms with van der Waals surface area (Å²) in [4.78, 5) is 16.4. The zero-order chi connectivity index (χ0) is 16.8. The lowest BCUT2D eigenvalue weighted by Crippen LogP contribution is -2.36. The molecule has 1 N–H and O–H groups in total. The first-order chi connectivity index (χ1) is 11.7. The van der Waals surface area contributed by atoms with E-state index in [2.05, 4.69) is 10.3 Å². The number of aromatic nitrogens is 1. The Kier molecular flexibility index (Phi) is 5.54. The van der Waals surface area contributed by atoms with Crippen molar-refractivity contribution >= 4 is 5.91 Å². The number of ether oxygens (including phenoxy) is 1. The largest absolute Gasteiger partial charge is 0.376 e. The van der Waals surface area contributed by atoms with Gasteiger partial charge in [-0.2, -0.15) is 0 Å². The van der Waals surface area contributed by atoms with Gasteiger partial charge in [0.15, 0.2) is 0 Å². The van der Waals surface area contributed by atoms with E-state index in [4.69, 9.17) is 4.74 Å². The van der Waals surface area contributed by atoms with Crippen molar-refractivity contribution in [3.05, 3.63) is 65.7 Å². The zero-order valence-electron chi connectivity index (χ0n) is 13.5. The second kappa shape index (κ2) is 8.02. The highest BCUT2D eigenvalue weighted by Gasteiger charge is 2.28. The summed E-state index contributed by atoms with van der Waals surface area (Å²) in [5.41, 5.74) is 1.90. The fraction of sp³-hybridized carbons (Fsp3) is 0.368. The maximum atomic E-state index is 13.2. The first kappa shape index (κ1) is 16.6. The number of nitrogens with one attached hydrogen (secondary N) is 1. The summed E-state index contributed by atoms with van der Waals surface area (Å²) in [7, 11) is 0. The minimum atomic E-state index is -0.284. The molecule has 0 saturated carbocycles. The van der Waals surface area contributed by atoms with E-state index in [1.54, 1.807) is 24.5 Å². The fourth-order valence-corrected chi connectivity index (χ4v) is 2.98. The number of amides is 1. The molecule has 0 aliphatic carbocycles. The summed E-state index contributed by atoms with van der Waals surface area (Å²) in [6, 6.07) is 9.83. The third kappa shape index (κ3) is 4.38. The van der Waals surface area contributed by atoms with Crippen molar-refractivity contribution in [1.29, 1.82) is 0 Å². The molecule has 1 aliphatic rings.